The number of benzene rings is 3. The van der Waals surface area contributed by atoms with E-state index < -0.39 is 15.8 Å². The highest BCUT2D eigenvalue weighted by Crippen LogP contribution is 2.34. The fourth-order valence-electron chi connectivity index (χ4n) is 3.07. The van der Waals surface area contributed by atoms with Gasteiger partial charge in [0.2, 0.25) is 0 Å². The topological polar surface area (TPSA) is 59.1 Å². The predicted octanol–water partition coefficient (Wildman–Crippen LogP) is 5.86. The number of hydrogen-bond donors (Lipinski definition) is 1. The first-order valence-corrected chi connectivity index (χ1v) is 11.3. The lowest BCUT2D eigenvalue weighted by atomic mass is 10.1. The third kappa shape index (κ3) is 3.96. The summed E-state index contributed by atoms with van der Waals surface area (Å²) in [7, 11) is -3.94. The molecule has 0 saturated carbocycles. The van der Waals surface area contributed by atoms with Crippen molar-refractivity contribution in [2.24, 2.45) is 0 Å². The van der Waals surface area contributed by atoms with Crippen molar-refractivity contribution in [2.75, 3.05) is 4.72 Å². The molecule has 0 aliphatic rings. The Morgan fingerprint density at radius 1 is 0.933 bits per heavy atom. The number of nitrogens with zero attached hydrogens (tertiary/aromatic N) is 1. The van der Waals surface area contributed by atoms with Crippen LogP contribution in [0.1, 0.15) is 5.56 Å². The minimum atomic E-state index is -3.94. The minimum Gasteiger partial charge on any atom is -0.279 e. The number of thiazole rings is 1. The molecule has 4 aromatic rings. The second-order valence-electron chi connectivity index (χ2n) is 6.58. The quantitative estimate of drug-likeness (QED) is 0.421. The number of hydrogen-bond acceptors (Lipinski definition) is 4. The van der Waals surface area contributed by atoms with E-state index in [1.165, 1.54) is 36.5 Å². The van der Waals surface area contributed by atoms with E-state index in [-0.39, 0.29) is 10.7 Å². The average Bonchev–Trinajstić information content (AvgIpc) is 3.18. The van der Waals surface area contributed by atoms with Gasteiger partial charge < -0.3 is 0 Å². The van der Waals surface area contributed by atoms with Gasteiger partial charge in [-0.05, 0) is 48.9 Å². The first-order valence-electron chi connectivity index (χ1n) is 8.94. The van der Waals surface area contributed by atoms with Crippen LogP contribution < -0.4 is 4.72 Å². The molecule has 0 aliphatic carbocycles. The molecule has 30 heavy (non-hydrogen) atoms. The molecule has 8 heteroatoms. The predicted molar refractivity (Wildman–Crippen MR) is 115 cm³/mol. The standard InChI is InChI=1S/C22H16F2N2O2S2/c1-14-12-15(23)10-11-21(14)30(27,28)26-19-9-5-3-7-17(19)20-13-29-22(25-20)16-6-2-4-8-18(16)24/h2-13,26H,1H3. The van der Waals surface area contributed by atoms with Crippen molar-refractivity contribution in [3.63, 3.8) is 0 Å². The average molecular weight is 443 g/mol. The van der Waals surface area contributed by atoms with E-state index in [1.54, 1.807) is 47.8 Å². The Kier molecular flexibility index (Phi) is 5.36. The van der Waals surface area contributed by atoms with E-state index in [1.807, 2.05) is 0 Å². The number of aryl methyl sites for hydroxylation is 1. The van der Waals surface area contributed by atoms with Crippen LogP contribution in [0.5, 0.6) is 0 Å². The van der Waals surface area contributed by atoms with Crippen LogP contribution in [0, 0.1) is 18.6 Å². The zero-order valence-corrected chi connectivity index (χ0v) is 17.4. The van der Waals surface area contributed by atoms with Crippen LogP contribution in [0.15, 0.2) is 77.0 Å². The second kappa shape index (κ2) is 7.97. The number of sulfonamides is 1. The molecule has 1 aromatic heterocycles. The Morgan fingerprint density at radius 3 is 2.37 bits per heavy atom. The highest BCUT2D eigenvalue weighted by atomic mass is 32.2. The molecule has 0 radical (unpaired) electrons. The third-order valence-electron chi connectivity index (χ3n) is 4.48. The third-order valence-corrected chi connectivity index (χ3v) is 6.88. The van der Waals surface area contributed by atoms with Crippen LogP contribution in [0.4, 0.5) is 14.5 Å². The first kappa shape index (κ1) is 20.2. The maximum atomic E-state index is 14.1. The molecule has 0 amide bonds. The van der Waals surface area contributed by atoms with E-state index in [4.69, 9.17) is 0 Å². The molecule has 0 atom stereocenters. The van der Waals surface area contributed by atoms with Gasteiger partial charge in [0, 0.05) is 16.5 Å². The van der Waals surface area contributed by atoms with E-state index in [9.17, 15) is 17.2 Å². The molecule has 152 valence electrons. The largest absolute Gasteiger partial charge is 0.279 e. The van der Waals surface area contributed by atoms with Crippen molar-refractivity contribution in [1.82, 2.24) is 4.98 Å². The van der Waals surface area contributed by atoms with E-state index >= 15 is 0 Å². The molecule has 4 rings (SSSR count). The minimum absolute atomic E-state index is 0.0102. The molecular weight excluding hydrogens is 426 g/mol. The maximum absolute atomic E-state index is 14.1. The van der Waals surface area contributed by atoms with Gasteiger partial charge in [0.05, 0.1) is 16.3 Å². The van der Waals surface area contributed by atoms with Gasteiger partial charge >= 0.3 is 0 Å². The molecule has 0 unspecified atom stereocenters. The Balaban J connectivity index is 1.71. The van der Waals surface area contributed by atoms with Crippen LogP contribution in [0.3, 0.4) is 0 Å². The van der Waals surface area contributed by atoms with Crippen molar-refractivity contribution in [3.05, 3.63) is 89.3 Å². The molecule has 0 fully saturated rings. The number of nitrogens with one attached hydrogen (secondary N) is 1. The van der Waals surface area contributed by atoms with E-state index in [0.29, 0.717) is 33.1 Å². The summed E-state index contributed by atoms with van der Waals surface area (Å²) in [6, 6.07) is 16.7. The highest BCUT2D eigenvalue weighted by molar-refractivity contribution is 7.92. The van der Waals surface area contributed by atoms with Gasteiger partial charge in [0.25, 0.3) is 10.0 Å². The second-order valence-corrected chi connectivity index (χ2v) is 9.09. The number of anilines is 1. The van der Waals surface area contributed by atoms with Gasteiger partial charge in [-0.3, -0.25) is 4.72 Å². The fraction of sp³-hybridized carbons (Fsp3) is 0.0455. The fourth-order valence-corrected chi connectivity index (χ4v) is 5.22. The first-order chi connectivity index (χ1) is 14.3. The summed E-state index contributed by atoms with van der Waals surface area (Å²) < 4.78 is 55.8. The van der Waals surface area contributed by atoms with E-state index in [0.717, 1.165) is 6.07 Å². The maximum Gasteiger partial charge on any atom is 0.262 e. The molecule has 0 bridgehead atoms. The van der Waals surface area contributed by atoms with Crippen molar-refractivity contribution in [3.8, 4) is 21.8 Å². The van der Waals surface area contributed by atoms with Crippen LogP contribution in [-0.2, 0) is 10.0 Å². The SMILES string of the molecule is Cc1cc(F)ccc1S(=O)(=O)Nc1ccccc1-c1csc(-c2ccccc2F)n1. The zero-order valence-electron chi connectivity index (χ0n) is 15.8. The summed E-state index contributed by atoms with van der Waals surface area (Å²) in [5.74, 6) is -0.880. The van der Waals surface area contributed by atoms with Crippen LogP contribution in [-0.4, -0.2) is 13.4 Å². The molecule has 1 heterocycles. The Hall–Kier alpha value is -3.10. The molecule has 3 aromatic carbocycles. The van der Waals surface area contributed by atoms with Gasteiger partial charge in [0.1, 0.15) is 16.6 Å². The van der Waals surface area contributed by atoms with Crippen LogP contribution >= 0.6 is 11.3 Å². The van der Waals surface area contributed by atoms with Crippen molar-refractivity contribution in [1.29, 1.82) is 0 Å². The number of rotatable bonds is 5. The highest BCUT2D eigenvalue weighted by Gasteiger charge is 2.20. The lowest BCUT2D eigenvalue weighted by molar-refractivity contribution is 0.598. The van der Waals surface area contributed by atoms with Crippen molar-refractivity contribution in [2.45, 2.75) is 11.8 Å². The van der Waals surface area contributed by atoms with Gasteiger partial charge in [0.15, 0.2) is 0 Å². The zero-order chi connectivity index (χ0) is 21.3. The summed E-state index contributed by atoms with van der Waals surface area (Å²) >= 11 is 1.27. The van der Waals surface area contributed by atoms with Crippen molar-refractivity contribution < 1.29 is 17.2 Å². The Morgan fingerprint density at radius 2 is 1.63 bits per heavy atom. The molecule has 1 N–H and O–H groups in total. The summed E-state index contributed by atoms with van der Waals surface area (Å²) in [5.41, 5.74) is 2.09. The van der Waals surface area contributed by atoms with Gasteiger partial charge in [-0.1, -0.05) is 30.3 Å². The molecule has 4 nitrogen and oxygen atoms in total. The Bertz CT molecular complexity index is 1330. The number of aromatic nitrogens is 1. The summed E-state index contributed by atoms with van der Waals surface area (Å²) in [6.45, 7) is 1.53. The summed E-state index contributed by atoms with van der Waals surface area (Å²) in [4.78, 5) is 4.49. The molecule has 0 saturated heterocycles. The van der Waals surface area contributed by atoms with E-state index in [2.05, 4.69) is 9.71 Å². The normalized spacial score (nSPS) is 11.4. The summed E-state index contributed by atoms with van der Waals surface area (Å²) in [5, 5.41) is 2.24. The molecule has 0 aliphatic heterocycles. The van der Waals surface area contributed by atoms with Gasteiger partial charge in [-0.25, -0.2) is 22.2 Å². The lowest BCUT2D eigenvalue weighted by Gasteiger charge is -2.13. The monoisotopic (exact) mass is 442 g/mol. The molecule has 0 spiro atoms. The van der Waals surface area contributed by atoms with Crippen LogP contribution in [0.25, 0.3) is 21.8 Å². The smallest absolute Gasteiger partial charge is 0.262 e. The summed E-state index contributed by atoms with van der Waals surface area (Å²) in [6.07, 6.45) is 0. The number of halogens is 2. The molecular formula is C22H16F2N2O2S2. The lowest BCUT2D eigenvalue weighted by Crippen LogP contribution is -2.15. The van der Waals surface area contributed by atoms with Crippen LogP contribution in [0.2, 0.25) is 0 Å². The van der Waals surface area contributed by atoms with Crippen molar-refractivity contribution >= 4 is 27.0 Å². The van der Waals surface area contributed by atoms with Gasteiger partial charge in [-0.15, -0.1) is 11.3 Å². The Labute approximate surface area is 176 Å². The van der Waals surface area contributed by atoms with Gasteiger partial charge in [-0.2, -0.15) is 0 Å². The number of para-hydroxylation sites is 1.